The van der Waals surface area contributed by atoms with Crippen LogP contribution in [0, 0.1) is 11.6 Å². The number of aliphatic hydroxyl groups is 1. The Morgan fingerprint density at radius 3 is 2.32 bits per heavy atom. The maximum atomic E-state index is 13.8. The number of alkyl halides is 3. The van der Waals surface area contributed by atoms with Gasteiger partial charge < -0.3 is 9.84 Å². The van der Waals surface area contributed by atoms with Crippen LogP contribution in [-0.2, 0) is 5.60 Å². The predicted octanol–water partition coefficient (Wildman–Crippen LogP) is 5.13. The molecule has 0 saturated carbocycles. The van der Waals surface area contributed by atoms with Gasteiger partial charge in [0.2, 0.25) is 5.60 Å². The summed E-state index contributed by atoms with van der Waals surface area (Å²) in [5.41, 5.74) is -2.82. The molecule has 0 radical (unpaired) electrons. The molecule has 0 bridgehead atoms. The van der Waals surface area contributed by atoms with E-state index in [1.807, 2.05) is 0 Å². The highest BCUT2D eigenvalue weighted by Gasteiger charge is 2.56. The van der Waals surface area contributed by atoms with Crippen LogP contribution in [0.25, 0.3) is 16.6 Å². The smallest absolute Gasteiger partial charge is 0.424 e. The summed E-state index contributed by atoms with van der Waals surface area (Å²) in [6, 6.07) is 13.7. The van der Waals surface area contributed by atoms with E-state index in [1.165, 1.54) is 53.3 Å². The minimum Gasteiger partial charge on any atom is -0.490 e. The van der Waals surface area contributed by atoms with Crippen molar-refractivity contribution >= 4 is 10.9 Å². The first kappa shape index (κ1) is 20.8. The van der Waals surface area contributed by atoms with Crippen LogP contribution in [0.5, 0.6) is 5.75 Å². The standard InChI is InChI=1S/C22H15F5N2O2/c23-16-5-7-18(8-6-16)29-20-9-4-15(10-14(20)12-28-29)21(30,22(25,26)27)13-31-19-3-1-2-17(24)11-19/h1-12,30H,13H2. The number of benzene rings is 3. The molecule has 4 nitrogen and oxygen atoms in total. The maximum absolute atomic E-state index is 13.8. The van der Waals surface area contributed by atoms with Crippen LogP contribution < -0.4 is 4.74 Å². The van der Waals surface area contributed by atoms with Crippen molar-refractivity contribution in [3.05, 3.63) is 90.1 Å². The van der Waals surface area contributed by atoms with Crippen molar-refractivity contribution < 1.29 is 31.8 Å². The van der Waals surface area contributed by atoms with Crippen LogP contribution in [0.2, 0.25) is 0 Å². The van der Waals surface area contributed by atoms with E-state index in [4.69, 9.17) is 4.74 Å². The van der Waals surface area contributed by atoms with E-state index < -0.39 is 35.6 Å². The van der Waals surface area contributed by atoms with Gasteiger partial charge >= 0.3 is 6.18 Å². The number of hydrogen-bond acceptors (Lipinski definition) is 3. The van der Waals surface area contributed by atoms with Crippen LogP contribution in [0.4, 0.5) is 22.0 Å². The average molecular weight is 434 g/mol. The van der Waals surface area contributed by atoms with Crippen LogP contribution in [0.3, 0.4) is 0 Å². The highest BCUT2D eigenvalue weighted by molar-refractivity contribution is 5.81. The van der Waals surface area contributed by atoms with Crippen molar-refractivity contribution in [3.63, 3.8) is 0 Å². The molecule has 1 heterocycles. The molecule has 0 aliphatic carbocycles. The first-order valence-electron chi connectivity index (χ1n) is 9.09. The summed E-state index contributed by atoms with van der Waals surface area (Å²) in [7, 11) is 0. The summed E-state index contributed by atoms with van der Waals surface area (Å²) in [6.45, 7) is -1.17. The van der Waals surface area contributed by atoms with Gasteiger partial charge in [-0.2, -0.15) is 18.3 Å². The first-order valence-corrected chi connectivity index (χ1v) is 9.09. The van der Waals surface area contributed by atoms with E-state index in [9.17, 15) is 27.1 Å². The maximum Gasteiger partial charge on any atom is 0.424 e. The minimum absolute atomic E-state index is 0.145. The topological polar surface area (TPSA) is 47.3 Å². The van der Waals surface area contributed by atoms with E-state index in [2.05, 4.69) is 5.10 Å². The van der Waals surface area contributed by atoms with Gasteiger partial charge in [0, 0.05) is 11.5 Å². The molecule has 0 saturated heterocycles. The molecule has 160 valence electrons. The van der Waals surface area contributed by atoms with Crippen molar-refractivity contribution in [2.24, 2.45) is 0 Å². The number of rotatable bonds is 5. The third kappa shape index (κ3) is 3.96. The van der Waals surface area contributed by atoms with Gasteiger partial charge in [0.25, 0.3) is 0 Å². The summed E-state index contributed by atoms with van der Waals surface area (Å²) in [5, 5.41) is 15.0. The van der Waals surface area contributed by atoms with Gasteiger partial charge in [-0.05, 0) is 54.1 Å². The first-order chi connectivity index (χ1) is 14.7. The Hall–Kier alpha value is -3.46. The van der Waals surface area contributed by atoms with E-state index in [0.717, 1.165) is 24.3 Å². The number of nitrogens with zero attached hydrogens (tertiary/aromatic N) is 2. The molecule has 31 heavy (non-hydrogen) atoms. The Kier molecular flexibility index (Phi) is 5.14. The Bertz CT molecular complexity index is 1220. The number of fused-ring (bicyclic) bond motifs is 1. The average Bonchev–Trinajstić information content (AvgIpc) is 3.15. The van der Waals surface area contributed by atoms with Crippen molar-refractivity contribution in [2.75, 3.05) is 6.61 Å². The number of hydrogen-bond donors (Lipinski definition) is 1. The molecule has 1 aromatic heterocycles. The van der Waals surface area contributed by atoms with Crippen LogP contribution in [0.1, 0.15) is 5.56 Å². The predicted molar refractivity (Wildman–Crippen MR) is 103 cm³/mol. The van der Waals surface area contributed by atoms with Crippen LogP contribution in [-0.4, -0.2) is 27.7 Å². The molecule has 0 amide bonds. The number of halogens is 5. The minimum atomic E-state index is -5.07. The van der Waals surface area contributed by atoms with Gasteiger partial charge in [-0.25, -0.2) is 13.5 Å². The molecule has 3 aromatic carbocycles. The second kappa shape index (κ2) is 7.66. The molecule has 0 spiro atoms. The Balaban J connectivity index is 1.70. The highest BCUT2D eigenvalue weighted by Crippen LogP contribution is 2.40. The lowest BCUT2D eigenvalue weighted by atomic mass is 9.93. The van der Waals surface area contributed by atoms with Crippen molar-refractivity contribution in [2.45, 2.75) is 11.8 Å². The van der Waals surface area contributed by atoms with Gasteiger partial charge in [0.15, 0.2) is 0 Å². The molecule has 1 N–H and O–H groups in total. The number of aromatic nitrogens is 2. The Morgan fingerprint density at radius 2 is 1.65 bits per heavy atom. The molecule has 1 unspecified atom stereocenters. The molecule has 0 aliphatic heterocycles. The third-order valence-electron chi connectivity index (χ3n) is 4.83. The Labute approximate surface area is 173 Å². The second-order valence-electron chi connectivity index (χ2n) is 6.91. The molecule has 1 atom stereocenters. The zero-order valence-corrected chi connectivity index (χ0v) is 15.8. The van der Waals surface area contributed by atoms with E-state index in [0.29, 0.717) is 16.6 Å². The largest absolute Gasteiger partial charge is 0.490 e. The van der Waals surface area contributed by atoms with Gasteiger partial charge in [-0.15, -0.1) is 0 Å². The van der Waals surface area contributed by atoms with Gasteiger partial charge in [0.1, 0.15) is 24.0 Å². The van der Waals surface area contributed by atoms with Crippen molar-refractivity contribution in [1.29, 1.82) is 0 Å². The normalized spacial score (nSPS) is 13.9. The second-order valence-corrected chi connectivity index (χ2v) is 6.91. The molecule has 4 aromatic rings. The summed E-state index contributed by atoms with van der Waals surface area (Å²) < 4.78 is 74.4. The zero-order chi connectivity index (χ0) is 22.2. The quantitative estimate of drug-likeness (QED) is 0.443. The molecular formula is C22H15F5N2O2. The molecule has 4 rings (SSSR count). The fourth-order valence-corrected chi connectivity index (χ4v) is 3.15. The lowest BCUT2D eigenvalue weighted by Gasteiger charge is -2.30. The van der Waals surface area contributed by atoms with Crippen molar-refractivity contribution in [1.82, 2.24) is 9.78 Å². The SMILES string of the molecule is OC(COc1cccc(F)c1)(c1ccc2c(cnn2-c2ccc(F)cc2)c1)C(F)(F)F. The summed E-state index contributed by atoms with van der Waals surface area (Å²) in [6.07, 6.45) is -3.73. The van der Waals surface area contributed by atoms with Crippen molar-refractivity contribution in [3.8, 4) is 11.4 Å². The van der Waals surface area contributed by atoms with Gasteiger partial charge in [-0.1, -0.05) is 12.1 Å². The summed E-state index contributed by atoms with van der Waals surface area (Å²) in [5.74, 6) is -1.26. The van der Waals surface area contributed by atoms with Crippen LogP contribution in [0.15, 0.2) is 72.9 Å². The third-order valence-corrected chi connectivity index (χ3v) is 4.83. The highest BCUT2D eigenvalue weighted by atomic mass is 19.4. The van der Waals surface area contributed by atoms with Gasteiger partial charge in [-0.3, -0.25) is 0 Å². The van der Waals surface area contributed by atoms with Crippen LogP contribution >= 0.6 is 0 Å². The zero-order valence-electron chi connectivity index (χ0n) is 15.8. The van der Waals surface area contributed by atoms with Gasteiger partial charge in [0.05, 0.1) is 17.4 Å². The molecular weight excluding hydrogens is 419 g/mol. The lowest BCUT2D eigenvalue weighted by Crippen LogP contribution is -2.47. The fourth-order valence-electron chi connectivity index (χ4n) is 3.15. The van der Waals surface area contributed by atoms with E-state index in [-0.39, 0.29) is 5.75 Å². The monoisotopic (exact) mass is 434 g/mol. The fraction of sp³-hybridized carbons (Fsp3) is 0.136. The summed E-state index contributed by atoms with van der Waals surface area (Å²) >= 11 is 0. The van der Waals surface area contributed by atoms with E-state index >= 15 is 0 Å². The Morgan fingerprint density at radius 1 is 0.903 bits per heavy atom. The number of ether oxygens (including phenoxy) is 1. The summed E-state index contributed by atoms with van der Waals surface area (Å²) in [4.78, 5) is 0. The lowest BCUT2D eigenvalue weighted by molar-refractivity contribution is -0.275. The molecule has 0 aliphatic rings. The molecule has 0 fully saturated rings. The molecule has 9 heteroatoms. The van der Waals surface area contributed by atoms with E-state index in [1.54, 1.807) is 0 Å².